The summed E-state index contributed by atoms with van der Waals surface area (Å²) in [5, 5.41) is 0. The summed E-state index contributed by atoms with van der Waals surface area (Å²) < 4.78 is 38.1. The van der Waals surface area contributed by atoms with Crippen LogP contribution in [0, 0.1) is 0 Å². The van der Waals surface area contributed by atoms with Crippen molar-refractivity contribution in [1.82, 2.24) is 0 Å². The van der Waals surface area contributed by atoms with Gasteiger partial charge in [-0.3, -0.25) is 0 Å². The van der Waals surface area contributed by atoms with E-state index in [2.05, 4.69) is 0 Å². The number of hydrogen-bond donors (Lipinski definition) is 0. The van der Waals surface area contributed by atoms with Crippen molar-refractivity contribution in [1.29, 1.82) is 0 Å². The molecule has 0 nitrogen and oxygen atoms in total. The van der Waals surface area contributed by atoms with Crippen molar-refractivity contribution in [2.24, 2.45) is 0 Å². The van der Waals surface area contributed by atoms with E-state index < -0.39 is 11.7 Å². The van der Waals surface area contributed by atoms with Crippen LogP contribution in [0.4, 0.5) is 13.2 Å². The zero-order chi connectivity index (χ0) is 17.0. The Kier molecular flexibility index (Phi) is 4.52. The monoisotopic (exact) mass is 324 g/mol. The third-order valence-corrected chi connectivity index (χ3v) is 3.74. The SMILES string of the molecule is FC(F)(F)c1ccc(-c2ccccc2/C=C/c2ccccc2)cc1. The second kappa shape index (κ2) is 6.75. The minimum Gasteiger partial charge on any atom is -0.166 e. The van der Waals surface area contributed by atoms with Crippen LogP contribution in [0.5, 0.6) is 0 Å². The lowest BCUT2D eigenvalue weighted by atomic mass is 9.98. The average Bonchev–Trinajstić information content (AvgIpc) is 2.60. The second-order valence-corrected chi connectivity index (χ2v) is 5.41. The highest BCUT2D eigenvalue weighted by Crippen LogP contribution is 2.32. The van der Waals surface area contributed by atoms with Gasteiger partial charge < -0.3 is 0 Å². The van der Waals surface area contributed by atoms with E-state index in [0.717, 1.165) is 34.4 Å². The predicted molar refractivity (Wildman–Crippen MR) is 92.3 cm³/mol. The molecule has 0 saturated heterocycles. The Hall–Kier alpha value is -2.81. The Morgan fingerprint density at radius 1 is 0.625 bits per heavy atom. The van der Waals surface area contributed by atoms with Crippen molar-refractivity contribution in [3.05, 3.63) is 95.6 Å². The maximum Gasteiger partial charge on any atom is 0.416 e. The predicted octanol–water partition coefficient (Wildman–Crippen LogP) is 6.54. The Morgan fingerprint density at radius 3 is 1.92 bits per heavy atom. The van der Waals surface area contributed by atoms with Crippen LogP contribution in [-0.4, -0.2) is 0 Å². The lowest BCUT2D eigenvalue weighted by Gasteiger charge is -2.09. The molecule has 0 N–H and O–H groups in total. The third kappa shape index (κ3) is 3.74. The number of benzene rings is 3. The number of halogens is 3. The maximum atomic E-state index is 12.7. The Labute approximate surface area is 138 Å². The largest absolute Gasteiger partial charge is 0.416 e. The van der Waals surface area contributed by atoms with Crippen molar-refractivity contribution in [3.63, 3.8) is 0 Å². The van der Waals surface area contributed by atoms with E-state index >= 15 is 0 Å². The molecule has 24 heavy (non-hydrogen) atoms. The Balaban J connectivity index is 1.93. The molecule has 0 aliphatic heterocycles. The number of hydrogen-bond acceptors (Lipinski definition) is 0. The van der Waals surface area contributed by atoms with Gasteiger partial charge in [-0.25, -0.2) is 0 Å². The number of alkyl halides is 3. The summed E-state index contributed by atoms with van der Waals surface area (Å²) in [6.07, 6.45) is -0.351. The fourth-order valence-corrected chi connectivity index (χ4v) is 2.49. The quantitative estimate of drug-likeness (QED) is 0.480. The summed E-state index contributed by atoms with van der Waals surface area (Å²) in [5.74, 6) is 0. The van der Waals surface area contributed by atoms with Crippen molar-refractivity contribution < 1.29 is 13.2 Å². The van der Waals surface area contributed by atoms with E-state index in [-0.39, 0.29) is 0 Å². The topological polar surface area (TPSA) is 0 Å². The van der Waals surface area contributed by atoms with Gasteiger partial charge in [0.25, 0.3) is 0 Å². The van der Waals surface area contributed by atoms with Crippen LogP contribution in [0.2, 0.25) is 0 Å². The summed E-state index contributed by atoms with van der Waals surface area (Å²) in [6.45, 7) is 0. The molecule has 0 atom stereocenters. The normalized spacial score (nSPS) is 11.8. The standard InChI is InChI=1S/C21H15F3/c22-21(23,24)19-14-12-18(13-15-19)20-9-5-4-8-17(20)11-10-16-6-2-1-3-7-16/h1-15H/b11-10+. The first-order valence-electron chi connectivity index (χ1n) is 7.54. The molecular weight excluding hydrogens is 309 g/mol. The van der Waals surface area contributed by atoms with Crippen LogP contribution >= 0.6 is 0 Å². The molecule has 0 spiro atoms. The zero-order valence-corrected chi connectivity index (χ0v) is 12.8. The molecular formula is C21H15F3. The smallest absolute Gasteiger partial charge is 0.166 e. The van der Waals surface area contributed by atoms with Gasteiger partial charge in [0.15, 0.2) is 0 Å². The lowest BCUT2D eigenvalue weighted by molar-refractivity contribution is -0.137. The molecule has 0 heterocycles. The molecule has 0 saturated carbocycles. The summed E-state index contributed by atoms with van der Waals surface area (Å²) in [5.41, 5.74) is 3.05. The molecule has 0 aromatic heterocycles. The van der Waals surface area contributed by atoms with Crippen molar-refractivity contribution >= 4 is 12.2 Å². The summed E-state index contributed by atoms with van der Waals surface area (Å²) in [7, 11) is 0. The summed E-state index contributed by atoms with van der Waals surface area (Å²) in [4.78, 5) is 0. The van der Waals surface area contributed by atoms with Crippen LogP contribution in [0.3, 0.4) is 0 Å². The van der Waals surface area contributed by atoms with E-state index in [1.54, 1.807) is 0 Å². The van der Waals surface area contributed by atoms with Gasteiger partial charge >= 0.3 is 6.18 Å². The van der Waals surface area contributed by atoms with Gasteiger partial charge in [-0.1, -0.05) is 78.9 Å². The molecule has 3 aromatic rings. The van der Waals surface area contributed by atoms with Crippen LogP contribution in [0.1, 0.15) is 16.7 Å². The van der Waals surface area contributed by atoms with Crippen molar-refractivity contribution in [2.45, 2.75) is 6.18 Å². The van der Waals surface area contributed by atoms with Crippen LogP contribution < -0.4 is 0 Å². The van der Waals surface area contributed by atoms with Gasteiger partial charge in [0, 0.05) is 0 Å². The minimum absolute atomic E-state index is 0.636. The van der Waals surface area contributed by atoms with Crippen LogP contribution in [0.15, 0.2) is 78.9 Å². The highest BCUT2D eigenvalue weighted by atomic mass is 19.4. The number of rotatable bonds is 3. The summed E-state index contributed by atoms with van der Waals surface area (Å²) in [6, 6.07) is 22.8. The highest BCUT2D eigenvalue weighted by molar-refractivity contribution is 5.80. The van der Waals surface area contributed by atoms with E-state index in [9.17, 15) is 13.2 Å². The fourth-order valence-electron chi connectivity index (χ4n) is 2.49. The molecule has 0 aliphatic carbocycles. The molecule has 3 aromatic carbocycles. The molecule has 0 amide bonds. The highest BCUT2D eigenvalue weighted by Gasteiger charge is 2.29. The van der Waals surface area contributed by atoms with Gasteiger partial charge in [-0.15, -0.1) is 0 Å². The third-order valence-electron chi connectivity index (χ3n) is 3.74. The van der Waals surface area contributed by atoms with E-state index in [0.29, 0.717) is 0 Å². The lowest BCUT2D eigenvalue weighted by Crippen LogP contribution is -2.04. The first-order chi connectivity index (χ1) is 11.5. The molecule has 0 bridgehead atoms. The van der Waals surface area contributed by atoms with Crippen molar-refractivity contribution in [2.75, 3.05) is 0 Å². The average molecular weight is 324 g/mol. The van der Waals surface area contributed by atoms with Gasteiger partial charge in [0.2, 0.25) is 0 Å². The van der Waals surface area contributed by atoms with E-state index in [1.807, 2.05) is 66.7 Å². The molecule has 3 heteroatoms. The van der Waals surface area contributed by atoms with Crippen LogP contribution in [-0.2, 0) is 6.18 Å². The summed E-state index contributed by atoms with van der Waals surface area (Å²) >= 11 is 0. The molecule has 0 radical (unpaired) electrons. The second-order valence-electron chi connectivity index (χ2n) is 5.41. The van der Waals surface area contributed by atoms with E-state index in [1.165, 1.54) is 12.1 Å². The van der Waals surface area contributed by atoms with Crippen molar-refractivity contribution in [3.8, 4) is 11.1 Å². The molecule has 3 rings (SSSR count). The maximum absolute atomic E-state index is 12.7. The Morgan fingerprint density at radius 2 is 1.25 bits per heavy atom. The fraction of sp³-hybridized carbons (Fsp3) is 0.0476. The van der Waals surface area contributed by atoms with Gasteiger partial charge in [-0.05, 0) is 34.4 Å². The van der Waals surface area contributed by atoms with Gasteiger partial charge in [-0.2, -0.15) is 13.2 Å². The molecule has 0 fully saturated rings. The van der Waals surface area contributed by atoms with E-state index in [4.69, 9.17) is 0 Å². The van der Waals surface area contributed by atoms with Gasteiger partial charge in [0.05, 0.1) is 5.56 Å². The minimum atomic E-state index is -4.31. The molecule has 120 valence electrons. The van der Waals surface area contributed by atoms with Gasteiger partial charge in [0.1, 0.15) is 0 Å². The first kappa shape index (κ1) is 16.1. The first-order valence-corrected chi connectivity index (χ1v) is 7.54. The zero-order valence-electron chi connectivity index (χ0n) is 12.8. The molecule has 0 aliphatic rings. The van der Waals surface area contributed by atoms with Crippen LogP contribution in [0.25, 0.3) is 23.3 Å². The molecule has 0 unspecified atom stereocenters. The Bertz CT molecular complexity index is 829.